The predicted octanol–water partition coefficient (Wildman–Crippen LogP) is 0.533. The Morgan fingerprint density at radius 1 is 1.44 bits per heavy atom. The standard InChI is InChI=1S/C11H22N2O2S/c1-2-16(15)8-7-13-10(14)9-11(12)5-3-4-6-11/h2-9,12H2,1H3,(H,13,14). The molecular weight excluding hydrogens is 224 g/mol. The van der Waals surface area contributed by atoms with Crippen LogP contribution in [0.1, 0.15) is 39.0 Å². The highest BCUT2D eigenvalue weighted by Crippen LogP contribution is 2.29. The molecule has 0 heterocycles. The molecule has 1 aliphatic rings. The fourth-order valence-electron chi connectivity index (χ4n) is 2.09. The molecule has 1 aliphatic carbocycles. The SMILES string of the molecule is CCS(=O)CCNC(=O)CC1(N)CCCC1. The summed E-state index contributed by atoms with van der Waals surface area (Å²) >= 11 is 0. The molecule has 0 aromatic heterocycles. The summed E-state index contributed by atoms with van der Waals surface area (Å²) < 4.78 is 11.1. The molecule has 0 radical (unpaired) electrons. The van der Waals surface area contributed by atoms with Crippen LogP contribution >= 0.6 is 0 Å². The number of hydrogen-bond acceptors (Lipinski definition) is 3. The van der Waals surface area contributed by atoms with Crippen molar-refractivity contribution >= 4 is 16.7 Å². The molecule has 1 atom stereocenters. The van der Waals surface area contributed by atoms with Crippen molar-refractivity contribution in [1.82, 2.24) is 5.32 Å². The molecular formula is C11H22N2O2S. The Morgan fingerprint density at radius 2 is 2.06 bits per heavy atom. The van der Waals surface area contributed by atoms with Gasteiger partial charge in [0.1, 0.15) is 0 Å². The fourth-order valence-corrected chi connectivity index (χ4v) is 2.71. The van der Waals surface area contributed by atoms with Crippen molar-refractivity contribution in [3.8, 4) is 0 Å². The normalized spacial score (nSPS) is 20.6. The first-order valence-corrected chi connectivity index (χ1v) is 7.45. The summed E-state index contributed by atoms with van der Waals surface area (Å²) in [6.07, 6.45) is 4.56. The van der Waals surface area contributed by atoms with Gasteiger partial charge in [0.05, 0.1) is 0 Å². The first-order chi connectivity index (χ1) is 7.56. The lowest BCUT2D eigenvalue weighted by molar-refractivity contribution is -0.122. The third-order valence-electron chi connectivity index (χ3n) is 3.09. The van der Waals surface area contributed by atoms with E-state index in [2.05, 4.69) is 5.32 Å². The van der Waals surface area contributed by atoms with Crippen molar-refractivity contribution in [1.29, 1.82) is 0 Å². The van der Waals surface area contributed by atoms with E-state index in [1.807, 2.05) is 6.92 Å². The van der Waals surface area contributed by atoms with Crippen LogP contribution in [-0.2, 0) is 15.6 Å². The minimum Gasteiger partial charge on any atom is -0.355 e. The number of rotatable bonds is 6. The van der Waals surface area contributed by atoms with Crippen LogP contribution < -0.4 is 11.1 Å². The van der Waals surface area contributed by atoms with Crippen LogP contribution in [0.15, 0.2) is 0 Å². The third-order valence-corrected chi connectivity index (χ3v) is 4.39. The van der Waals surface area contributed by atoms with Gasteiger partial charge in [-0.3, -0.25) is 9.00 Å². The summed E-state index contributed by atoms with van der Waals surface area (Å²) in [5, 5.41) is 2.79. The van der Waals surface area contributed by atoms with Crippen molar-refractivity contribution in [2.24, 2.45) is 5.73 Å². The Morgan fingerprint density at radius 3 is 2.62 bits per heavy atom. The van der Waals surface area contributed by atoms with Crippen LogP contribution in [0.25, 0.3) is 0 Å². The molecule has 3 N–H and O–H groups in total. The molecule has 0 spiro atoms. The van der Waals surface area contributed by atoms with E-state index in [9.17, 15) is 9.00 Å². The monoisotopic (exact) mass is 246 g/mol. The maximum atomic E-state index is 11.6. The van der Waals surface area contributed by atoms with Crippen molar-refractivity contribution in [2.75, 3.05) is 18.1 Å². The average molecular weight is 246 g/mol. The van der Waals surface area contributed by atoms with Crippen LogP contribution in [0, 0.1) is 0 Å². The van der Waals surface area contributed by atoms with Crippen LogP contribution in [0.4, 0.5) is 0 Å². The molecule has 0 aromatic carbocycles. The molecule has 5 heteroatoms. The second-order valence-electron chi connectivity index (χ2n) is 4.53. The summed E-state index contributed by atoms with van der Waals surface area (Å²) in [4.78, 5) is 11.6. The van der Waals surface area contributed by atoms with Crippen LogP contribution in [0.2, 0.25) is 0 Å². The highest BCUT2D eigenvalue weighted by Gasteiger charge is 2.31. The van der Waals surface area contributed by atoms with Crippen LogP contribution in [0.3, 0.4) is 0 Å². The Bertz CT molecular complexity index is 263. The van der Waals surface area contributed by atoms with Crippen molar-refractivity contribution in [3.05, 3.63) is 0 Å². The number of hydrogen-bond donors (Lipinski definition) is 2. The molecule has 1 unspecified atom stereocenters. The predicted molar refractivity (Wildman–Crippen MR) is 66.6 cm³/mol. The number of amides is 1. The van der Waals surface area contributed by atoms with Crippen molar-refractivity contribution in [3.63, 3.8) is 0 Å². The molecule has 0 aromatic rings. The zero-order valence-electron chi connectivity index (χ0n) is 9.96. The zero-order chi connectivity index (χ0) is 12.0. The van der Waals surface area contributed by atoms with Crippen LogP contribution in [0.5, 0.6) is 0 Å². The molecule has 1 rings (SSSR count). The topological polar surface area (TPSA) is 72.2 Å². The Hall–Kier alpha value is -0.420. The molecule has 4 nitrogen and oxygen atoms in total. The lowest BCUT2D eigenvalue weighted by Crippen LogP contribution is -2.42. The quantitative estimate of drug-likeness (QED) is 0.718. The van der Waals surface area contributed by atoms with Crippen LogP contribution in [-0.4, -0.2) is 33.7 Å². The Balaban J connectivity index is 2.18. The summed E-state index contributed by atoms with van der Waals surface area (Å²) in [6.45, 7) is 2.38. The van der Waals surface area contributed by atoms with E-state index < -0.39 is 10.8 Å². The largest absolute Gasteiger partial charge is 0.355 e. The molecule has 1 amide bonds. The van der Waals surface area contributed by atoms with E-state index in [4.69, 9.17) is 5.73 Å². The summed E-state index contributed by atoms with van der Waals surface area (Å²) in [5.74, 6) is 1.19. The molecule has 0 saturated heterocycles. The van der Waals surface area contributed by atoms with Gasteiger partial charge in [0.15, 0.2) is 0 Å². The van der Waals surface area contributed by atoms with E-state index in [0.29, 0.717) is 24.5 Å². The molecule has 0 bridgehead atoms. The van der Waals surface area contributed by atoms with Gasteiger partial charge in [0.25, 0.3) is 0 Å². The second-order valence-corrected chi connectivity index (χ2v) is 6.39. The summed E-state index contributed by atoms with van der Waals surface area (Å²) in [7, 11) is -0.804. The average Bonchev–Trinajstić information content (AvgIpc) is 2.64. The smallest absolute Gasteiger partial charge is 0.221 e. The van der Waals surface area contributed by atoms with Gasteiger partial charge in [-0.05, 0) is 12.8 Å². The van der Waals surface area contributed by atoms with Gasteiger partial charge in [0, 0.05) is 40.8 Å². The second kappa shape index (κ2) is 6.35. The number of nitrogens with one attached hydrogen (secondary N) is 1. The van der Waals surface area contributed by atoms with Gasteiger partial charge < -0.3 is 11.1 Å². The van der Waals surface area contributed by atoms with E-state index in [-0.39, 0.29) is 11.4 Å². The van der Waals surface area contributed by atoms with Crippen molar-refractivity contribution < 1.29 is 9.00 Å². The van der Waals surface area contributed by atoms with E-state index in [0.717, 1.165) is 25.7 Å². The molecule has 94 valence electrons. The number of carbonyl (C=O) groups is 1. The number of nitrogens with two attached hydrogens (primary N) is 1. The maximum absolute atomic E-state index is 11.6. The maximum Gasteiger partial charge on any atom is 0.221 e. The third kappa shape index (κ3) is 4.61. The number of carbonyl (C=O) groups excluding carboxylic acids is 1. The van der Waals surface area contributed by atoms with Gasteiger partial charge in [-0.25, -0.2) is 0 Å². The van der Waals surface area contributed by atoms with Gasteiger partial charge >= 0.3 is 0 Å². The lowest BCUT2D eigenvalue weighted by Gasteiger charge is -2.22. The molecule has 16 heavy (non-hydrogen) atoms. The van der Waals surface area contributed by atoms with E-state index >= 15 is 0 Å². The van der Waals surface area contributed by atoms with Crippen molar-refractivity contribution in [2.45, 2.75) is 44.6 Å². The summed E-state index contributed by atoms with van der Waals surface area (Å²) in [6, 6.07) is 0. The lowest BCUT2D eigenvalue weighted by atomic mass is 9.94. The fraction of sp³-hybridized carbons (Fsp3) is 0.909. The highest BCUT2D eigenvalue weighted by molar-refractivity contribution is 7.84. The van der Waals surface area contributed by atoms with E-state index in [1.165, 1.54) is 0 Å². The first-order valence-electron chi connectivity index (χ1n) is 5.96. The Kier molecular flexibility index (Phi) is 5.41. The van der Waals surface area contributed by atoms with Gasteiger partial charge in [0.2, 0.25) is 5.91 Å². The van der Waals surface area contributed by atoms with Gasteiger partial charge in [-0.1, -0.05) is 19.8 Å². The minimum atomic E-state index is -0.804. The Labute approximate surface area is 99.8 Å². The first kappa shape index (κ1) is 13.6. The molecule has 1 fully saturated rings. The highest BCUT2D eigenvalue weighted by atomic mass is 32.2. The van der Waals surface area contributed by atoms with E-state index in [1.54, 1.807) is 0 Å². The summed E-state index contributed by atoms with van der Waals surface area (Å²) in [5.41, 5.74) is 5.81. The zero-order valence-corrected chi connectivity index (χ0v) is 10.8. The van der Waals surface area contributed by atoms with Gasteiger partial charge in [-0.2, -0.15) is 0 Å². The molecule has 0 aliphatic heterocycles. The minimum absolute atomic E-state index is 0.00231. The van der Waals surface area contributed by atoms with Gasteiger partial charge in [-0.15, -0.1) is 0 Å². The molecule has 1 saturated carbocycles.